The van der Waals surface area contributed by atoms with Crippen molar-refractivity contribution in [3.8, 4) is 0 Å². The average molecular weight is 211 g/mol. The number of aryl methyl sites for hydroxylation is 1. The molecule has 1 fully saturated rings. The quantitative estimate of drug-likeness (QED) is 0.754. The van der Waals surface area contributed by atoms with Crippen LogP contribution in [0.15, 0.2) is 0 Å². The molecule has 0 radical (unpaired) electrons. The number of tetrazole rings is 1. The number of hydrogen-bond acceptors (Lipinski definition) is 5. The highest BCUT2D eigenvalue weighted by atomic mass is 16.5. The smallest absolute Gasteiger partial charge is 0.188 e. The second-order valence-electron chi connectivity index (χ2n) is 4.27. The SMILES string of the molecule is Cn1nnc(CNC2(C)CCCOC2)n1. The first kappa shape index (κ1) is 10.5. The zero-order valence-electron chi connectivity index (χ0n) is 9.23. The van der Waals surface area contributed by atoms with Gasteiger partial charge in [0.2, 0.25) is 0 Å². The van der Waals surface area contributed by atoms with Gasteiger partial charge in [-0.1, -0.05) is 0 Å². The lowest BCUT2D eigenvalue weighted by Crippen LogP contribution is -2.48. The van der Waals surface area contributed by atoms with Crippen molar-refractivity contribution in [2.24, 2.45) is 7.05 Å². The molecule has 1 N–H and O–H groups in total. The van der Waals surface area contributed by atoms with E-state index in [0.717, 1.165) is 31.9 Å². The van der Waals surface area contributed by atoms with Crippen LogP contribution < -0.4 is 5.32 Å². The first-order valence-corrected chi connectivity index (χ1v) is 5.24. The van der Waals surface area contributed by atoms with Crippen molar-refractivity contribution in [1.29, 1.82) is 0 Å². The Morgan fingerprint density at radius 3 is 3.07 bits per heavy atom. The Morgan fingerprint density at radius 1 is 1.60 bits per heavy atom. The summed E-state index contributed by atoms with van der Waals surface area (Å²) in [6.45, 7) is 4.45. The number of rotatable bonds is 3. The highest BCUT2D eigenvalue weighted by molar-refractivity contribution is 4.88. The van der Waals surface area contributed by atoms with E-state index in [-0.39, 0.29) is 5.54 Å². The molecule has 1 unspecified atom stereocenters. The fraction of sp³-hybridized carbons (Fsp3) is 0.889. The van der Waals surface area contributed by atoms with Crippen LogP contribution in [-0.2, 0) is 18.3 Å². The fourth-order valence-corrected chi connectivity index (χ4v) is 1.76. The second-order valence-corrected chi connectivity index (χ2v) is 4.27. The second kappa shape index (κ2) is 4.24. The molecule has 0 aromatic carbocycles. The molecule has 0 aliphatic carbocycles. The Labute approximate surface area is 89.0 Å². The molecule has 1 atom stereocenters. The Balaban J connectivity index is 1.86. The lowest BCUT2D eigenvalue weighted by Gasteiger charge is -2.34. The van der Waals surface area contributed by atoms with Crippen LogP contribution in [0.1, 0.15) is 25.6 Å². The number of aromatic nitrogens is 4. The van der Waals surface area contributed by atoms with Crippen molar-refractivity contribution in [3.63, 3.8) is 0 Å². The Hall–Kier alpha value is -1.01. The molecule has 1 saturated heterocycles. The molecule has 6 heteroatoms. The molecule has 6 nitrogen and oxygen atoms in total. The van der Waals surface area contributed by atoms with Crippen molar-refractivity contribution in [2.45, 2.75) is 31.8 Å². The highest BCUT2D eigenvalue weighted by Crippen LogP contribution is 2.18. The summed E-state index contributed by atoms with van der Waals surface area (Å²) in [6, 6.07) is 0. The van der Waals surface area contributed by atoms with Crippen LogP contribution in [0.2, 0.25) is 0 Å². The standard InChI is InChI=1S/C9H17N5O/c1-9(4-3-5-15-7-9)10-6-8-11-13-14(2)12-8/h10H,3-7H2,1-2H3. The van der Waals surface area contributed by atoms with E-state index in [0.29, 0.717) is 6.54 Å². The van der Waals surface area contributed by atoms with Crippen LogP contribution >= 0.6 is 0 Å². The molecule has 1 aliphatic heterocycles. The van der Waals surface area contributed by atoms with Crippen LogP contribution in [-0.4, -0.2) is 39.0 Å². The fourth-order valence-electron chi connectivity index (χ4n) is 1.76. The van der Waals surface area contributed by atoms with Crippen LogP contribution in [0.5, 0.6) is 0 Å². The van der Waals surface area contributed by atoms with Gasteiger partial charge in [-0.05, 0) is 25.0 Å². The minimum absolute atomic E-state index is 0.0530. The van der Waals surface area contributed by atoms with Crippen molar-refractivity contribution in [1.82, 2.24) is 25.5 Å². The van der Waals surface area contributed by atoms with Crippen LogP contribution in [0.4, 0.5) is 0 Å². The van der Waals surface area contributed by atoms with E-state index < -0.39 is 0 Å². The van der Waals surface area contributed by atoms with Crippen molar-refractivity contribution in [3.05, 3.63) is 5.82 Å². The van der Waals surface area contributed by atoms with Gasteiger partial charge in [0.05, 0.1) is 20.2 Å². The summed E-state index contributed by atoms with van der Waals surface area (Å²) in [5, 5.41) is 15.3. The Kier molecular flexibility index (Phi) is 2.97. The zero-order chi connectivity index (χ0) is 10.7. The minimum Gasteiger partial charge on any atom is -0.380 e. The molecule has 1 aromatic heterocycles. The zero-order valence-corrected chi connectivity index (χ0v) is 9.23. The van der Waals surface area contributed by atoms with Gasteiger partial charge in [-0.3, -0.25) is 0 Å². The van der Waals surface area contributed by atoms with Gasteiger partial charge in [0.15, 0.2) is 5.82 Å². The van der Waals surface area contributed by atoms with Crippen molar-refractivity contribution < 1.29 is 4.74 Å². The summed E-state index contributed by atoms with van der Waals surface area (Å²) < 4.78 is 5.45. The Bertz CT molecular complexity index is 318. The van der Waals surface area contributed by atoms with E-state index in [1.54, 1.807) is 7.05 Å². The maximum Gasteiger partial charge on any atom is 0.188 e. The van der Waals surface area contributed by atoms with Gasteiger partial charge < -0.3 is 10.1 Å². The van der Waals surface area contributed by atoms with Crippen molar-refractivity contribution in [2.75, 3.05) is 13.2 Å². The molecule has 0 amide bonds. The third kappa shape index (κ3) is 2.73. The van der Waals surface area contributed by atoms with E-state index in [4.69, 9.17) is 4.74 Å². The molecule has 0 spiro atoms. The predicted molar refractivity (Wildman–Crippen MR) is 54.1 cm³/mol. The summed E-state index contributed by atoms with van der Waals surface area (Å²) in [5.41, 5.74) is 0.0530. The monoisotopic (exact) mass is 211 g/mol. The third-order valence-electron chi connectivity index (χ3n) is 2.66. The molecule has 0 bridgehead atoms. The lowest BCUT2D eigenvalue weighted by atomic mass is 9.95. The van der Waals surface area contributed by atoms with Gasteiger partial charge in [0, 0.05) is 12.1 Å². The first-order chi connectivity index (χ1) is 7.18. The number of nitrogens with zero attached hydrogens (tertiary/aromatic N) is 4. The topological polar surface area (TPSA) is 64.9 Å². The van der Waals surface area contributed by atoms with E-state index in [1.165, 1.54) is 4.80 Å². The molecule has 2 heterocycles. The van der Waals surface area contributed by atoms with Crippen LogP contribution in [0.3, 0.4) is 0 Å². The highest BCUT2D eigenvalue weighted by Gasteiger charge is 2.27. The predicted octanol–water partition coefficient (Wildman–Crippen LogP) is -0.131. The van der Waals surface area contributed by atoms with E-state index in [2.05, 4.69) is 27.7 Å². The van der Waals surface area contributed by atoms with E-state index in [1.807, 2.05) is 0 Å². The van der Waals surface area contributed by atoms with Gasteiger partial charge in [-0.25, -0.2) is 0 Å². The van der Waals surface area contributed by atoms with Gasteiger partial charge in [-0.2, -0.15) is 4.80 Å². The van der Waals surface area contributed by atoms with Gasteiger partial charge >= 0.3 is 0 Å². The summed E-state index contributed by atoms with van der Waals surface area (Å²) in [7, 11) is 1.77. The number of nitrogens with one attached hydrogen (secondary N) is 1. The normalized spacial score (nSPS) is 26.8. The van der Waals surface area contributed by atoms with E-state index >= 15 is 0 Å². The summed E-state index contributed by atoms with van der Waals surface area (Å²) in [6.07, 6.45) is 2.24. The maximum atomic E-state index is 5.45. The summed E-state index contributed by atoms with van der Waals surface area (Å²) >= 11 is 0. The van der Waals surface area contributed by atoms with Crippen LogP contribution in [0.25, 0.3) is 0 Å². The molecular weight excluding hydrogens is 194 g/mol. The molecule has 15 heavy (non-hydrogen) atoms. The number of hydrogen-bond donors (Lipinski definition) is 1. The molecule has 0 saturated carbocycles. The largest absolute Gasteiger partial charge is 0.380 e. The third-order valence-corrected chi connectivity index (χ3v) is 2.66. The molecular formula is C9H17N5O. The van der Waals surface area contributed by atoms with E-state index in [9.17, 15) is 0 Å². The lowest BCUT2D eigenvalue weighted by molar-refractivity contribution is 0.0275. The van der Waals surface area contributed by atoms with Gasteiger partial charge in [0.1, 0.15) is 0 Å². The molecule has 84 valence electrons. The van der Waals surface area contributed by atoms with Crippen LogP contribution in [0, 0.1) is 0 Å². The average Bonchev–Trinajstić information content (AvgIpc) is 2.63. The number of ether oxygens (including phenoxy) is 1. The molecule has 2 rings (SSSR count). The van der Waals surface area contributed by atoms with Gasteiger partial charge in [0.25, 0.3) is 0 Å². The summed E-state index contributed by atoms with van der Waals surface area (Å²) in [5.74, 6) is 0.726. The minimum atomic E-state index is 0.0530. The van der Waals surface area contributed by atoms with Crippen molar-refractivity contribution >= 4 is 0 Å². The Morgan fingerprint density at radius 2 is 2.47 bits per heavy atom. The molecule has 1 aliphatic rings. The summed E-state index contributed by atoms with van der Waals surface area (Å²) in [4.78, 5) is 1.47. The first-order valence-electron chi connectivity index (χ1n) is 5.24. The maximum absolute atomic E-state index is 5.45. The van der Waals surface area contributed by atoms with Gasteiger partial charge in [-0.15, -0.1) is 10.2 Å². The molecule has 1 aromatic rings.